The lowest BCUT2D eigenvalue weighted by Gasteiger charge is -2.42. The van der Waals surface area contributed by atoms with Crippen LogP contribution in [0.1, 0.15) is 76.6 Å². The Morgan fingerprint density at radius 2 is 0.800 bits per heavy atom. The van der Waals surface area contributed by atoms with Gasteiger partial charge < -0.3 is 9.80 Å². The summed E-state index contributed by atoms with van der Waals surface area (Å²) in [6.07, 6.45) is 2.40. The van der Waals surface area contributed by atoms with Crippen LogP contribution in [0.3, 0.4) is 0 Å². The summed E-state index contributed by atoms with van der Waals surface area (Å²) in [5.74, 6) is 0. The van der Waals surface area contributed by atoms with E-state index >= 15 is 0 Å². The van der Waals surface area contributed by atoms with Gasteiger partial charge in [-0.15, -0.1) is 0 Å². The van der Waals surface area contributed by atoms with Crippen LogP contribution in [-0.4, -0.2) is 0 Å². The summed E-state index contributed by atoms with van der Waals surface area (Å²) in [5, 5.41) is 0. The Hall–Kier alpha value is -5.86. The van der Waals surface area contributed by atoms with Crippen LogP contribution < -0.4 is 9.80 Å². The van der Waals surface area contributed by atoms with Crippen LogP contribution in [0.4, 0.5) is 34.1 Å². The minimum Gasteiger partial charge on any atom is -0.310 e. The van der Waals surface area contributed by atoms with E-state index in [1.54, 1.807) is 0 Å². The number of benzene rings is 7. The number of hydrogen-bond acceptors (Lipinski definition) is 2. The van der Waals surface area contributed by atoms with Gasteiger partial charge in [-0.25, -0.2) is 0 Å². The molecule has 2 aliphatic rings. The number of hydrogen-bond donors (Lipinski definition) is 0. The molecule has 0 aliphatic heterocycles. The highest BCUT2D eigenvalue weighted by atomic mass is 15.1. The zero-order chi connectivity index (χ0) is 38.0. The van der Waals surface area contributed by atoms with Crippen molar-refractivity contribution in [3.8, 4) is 22.3 Å². The molecule has 0 saturated heterocycles. The first-order chi connectivity index (χ1) is 26.5. The van der Waals surface area contributed by atoms with E-state index in [1.807, 2.05) is 0 Å². The average Bonchev–Trinajstić information content (AvgIpc) is 3.43. The number of rotatable bonds is 7. The number of fused-ring (bicyclic) bond motifs is 4. The molecule has 0 N–H and O–H groups in total. The lowest BCUT2D eigenvalue weighted by atomic mass is 9.63. The van der Waals surface area contributed by atoms with Crippen molar-refractivity contribution in [1.82, 2.24) is 0 Å². The fourth-order valence-electron chi connectivity index (χ4n) is 9.22. The third kappa shape index (κ3) is 6.05. The first-order valence-corrected chi connectivity index (χ1v) is 19.8. The molecule has 0 spiro atoms. The summed E-state index contributed by atoms with van der Waals surface area (Å²) in [4.78, 5) is 4.80. The average molecular weight is 715 g/mol. The van der Waals surface area contributed by atoms with E-state index in [0.717, 1.165) is 28.4 Å². The van der Waals surface area contributed by atoms with Crippen molar-refractivity contribution in [2.45, 2.75) is 70.6 Å². The lowest BCUT2D eigenvalue weighted by molar-refractivity contribution is 0.332. The SMILES string of the molecule is CC1(C)CCC(C)(C)c2cc(N(c3ccccc3)c3cccc(-c4ccc(N(c5ccccc5)c5ccc6c(c5)C(C)(C)c5ccccc5-6)cc4)c3)ccc21. The molecule has 9 rings (SSSR count). The quantitative estimate of drug-likeness (QED) is 0.162. The monoisotopic (exact) mass is 714 g/mol. The summed E-state index contributed by atoms with van der Waals surface area (Å²) < 4.78 is 0. The minimum atomic E-state index is -0.0707. The predicted octanol–water partition coefficient (Wildman–Crippen LogP) is 14.9. The Morgan fingerprint density at radius 3 is 1.47 bits per heavy atom. The van der Waals surface area contributed by atoms with Gasteiger partial charge in [0, 0.05) is 39.5 Å². The van der Waals surface area contributed by atoms with Crippen LogP contribution in [0.2, 0.25) is 0 Å². The van der Waals surface area contributed by atoms with Crippen molar-refractivity contribution in [3.63, 3.8) is 0 Å². The van der Waals surface area contributed by atoms with Gasteiger partial charge in [-0.05, 0) is 141 Å². The van der Waals surface area contributed by atoms with Gasteiger partial charge in [-0.1, -0.05) is 139 Å². The summed E-state index contributed by atoms with van der Waals surface area (Å²) in [7, 11) is 0. The van der Waals surface area contributed by atoms with E-state index in [4.69, 9.17) is 0 Å². The van der Waals surface area contributed by atoms with Gasteiger partial charge in [0.05, 0.1) is 0 Å². The molecule has 0 radical (unpaired) electrons. The van der Waals surface area contributed by atoms with E-state index < -0.39 is 0 Å². The molecule has 0 heterocycles. The van der Waals surface area contributed by atoms with Gasteiger partial charge >= 0.3 is 0 Å². The topological polar surface area (TPSA) is 6.48 Å². The molecular formula is C53H50N2. The maximum absolute atomic E-state index is 2.46. The molecular weight excluding hydrogens is 665 g/mol. The second kappa shape index (κ2) is 13.2. The third-order valence-corrected chi connectivity index (χ3v) is 12.5. The summed E-state index contributed by atoms with van der Waals surface area (Å²) in [6.45, 7) is 14.3. The molecule has 7 aromatic rings. The Bertz CT molecular complexity index is 2510. The van der Waals surface area contributed by atoms with Gasteiger partial charge in [0.25, 0.3) is 0 Å². The molecule has 272 valence electrons. The van der Waals surface area contributed by atoms with Crippen molar-refractivity contribution in [2.75, 3.05) is 9.80 Å². The van der Waals surface area contributed by atoms with Crippen LogP contribution in [0.25, 0.3) is 22.3 Å². The molecule has 0 saturated carbocycles. The Kier molecular flexibility index (Phi) is 8.35. The fraction of sp³-hybridized carbons (Fsp3) is 0.208. The summed E-state index contributed by atoms with van der Waals surface area (Å²) in [5.41, 5.74) is 17.9. The lowest BCUT2D eigenvalue weighted by Crippen LogP contribution is -2.34. The Labute approximate surface area is 327 Å². The highest BCUT2D eigenvalue weighted by Crippen LogP contribution is 2.51. The molecule has 0 bridgehead atoms. The summed E-state index contributed by atoms with van der Waals surface area (Å²) >= 11 is 0. The van der Waals surface area contributed by atoms with Gasteiger partial charge in [0.2, 0.25) is 0 Å². The van der Waals surface area contributed by atoms with E-state index in [2.05, 4.69) is 221 Å². The van der Waals surface area contributed by atoms with Gasteiger partial charge in [0.1, 0.15) is 0 Å². The van der Waals surface area contributed by atoms with Crippen LogP contribution in [0.5, 0.6) is 0 Å². The van der Waals surface area contributed by atoms with Crippen molar-refractivity contribution < 1.29 is 0 Å². The molecule has 55 heavy (non-hydrogen) atoms. The van der Waals surface area contributed by atoms with E-state index in [1.165, 1.54) is 63.0 Å². The Balaban J connectivity index is 1.09. The Morgan fingerprint density at radius 1 is 0.327 bits per heavy atom. The molecule has 2 nitrogen and oxygen atoms in total. The van der Waals surface area contributed by atoms with E-state index in [-0.39, 0.29) is 16.2 Å². The molecule has 2 heteroatoms. The van der Waals surface area contributed by atoms with Crippen molar-refractivity contribution in [3.05, 3.63) is 192 Å². The maximum Gasteiger partial charge on any atom is 0.0467 e. The number of nitrogens with zero attached hydrogens (tertiary/aromatic N) is 2. The maximum atomic E-state index is 2.46. The molecule has 0 unspecified atom stereocenters. The largest absolute Gasteiger partial charge is 0.310 e. The molecule has 0 amide bonds. The third-order valence-electron chi connectivity index (χ3n) is 12.5. The zero-order valence-corrected chi connectivity index (χ0v) is 33.0. The fourth-order valence-corrected chi connectivity index (χ4v) is 9.22. The van der Waals surface area contributed by atoms with Crippen molar-refractivity contribution in [2.24, 2.45) is 0 Å². The zero-order valence-electron chi connectivity index (χ0n) is 33.0. The first-order valence-electron chi connectivity index (χ1n) is 19.8. The summed E-state index contributed by atoms with van der Waals surface area (Å²) in [6, 6.07) is 62.7. The number of para-hydroxylation sites is 2. The van der Waals surface area contributed by atoms with E-state index in [9.17, 15) is 0 Å². The molecule has 0 aromatic heterocycles. The first kappa shape index (κ1) is 34.9. The number of anilines is 6. The van der Waals surface area contributed by atoms with E-state index in [0.29, 0.717) is 0 Å². The highest BCUT2D eigenvalue weighted by molar-refractivity contribution is 5.86. The van der Waals surface area contributed by atoms with Crippen LogP contribution >= 0.6 is 0 Å². The van der Waals surface area contributed by atoms with Crippen molar-refractivity contribution >= 4 is 34.1 Å². The predicted molar refractivity (Wildman–Crippen MR) is 234 cm³/mol. The van der Waals surface area contributed by atoms with Gasteiger partial charge in [-0.2, -0.15) is 0 Å². The molecule has 0 fully saturated rings. The molecule has 7 aromatic carbocycles. The van der Waals surface area contributed by atoms with Crippen LogP contribution in [0, 0.1) is 0 Å². The normalized spacial score (nSPS) is 15.7. The smallest absolute Gasteiger partial charge is 0.0467 e. The minimum absolute atomic E-state index is 0.0707. The second-order valence-electron chi connectivity index (χ2n) is 17.3. The van der Waals surface area contributed by atoms with Crippen LogP contribution in [0.15, 0.2) is 170 Å². The van der Waals surface area contributed by atoms with Crippen LogP contribution in [-0.2, 0) is 16.2 Å². The van der Waals surface area contributed by atoms with Crippen molar-refractivity contribution in [1.29, 1.82) is 0 Å². The van der Waals surface area contributed by atoms with Gasteiger partial charge in [0.15, 0.2) is 0 Å². The second-order valence-corrected chi connectivity index (χ2v) is 17.3. The van der Waals surface area contributed by atoms with Gasteiger partial charge in [-0.3, -0.25) is 0 Å². The standard InChI is InChI=1S/C53H50N2/c1-51(2)32-33-52(3,4)50-36-44(29-31-48(50)51)55(40-19-11-8-12-20-40)42-21-15-16-38(34-42)37-24-26-41(27-25-37)54(39-17-9-7-10-18-39)43-28-30-46-45-22-13-14-23-47(45)53(5,6)49(46)35-43/h7-31,34-36H,32-33H2,1-6H3. The molecule has 0 atom stereocenters. The highest BCUT2D eigenvalue weighted by Gasteiger charge is 2.38. The molecule has 2 aliphatic carbocycles.